The number of fused-ring (bicyclic) bond motifs is 5. The number of hydrogen-bond donors (Lipinski definition) is 3. The summed E-state index contributed by atoms with van der Waals surface area (Å²) >= 11 is 1.44. The number of nitrogens with one attached hydrogen (secondary N) is 1. The molecule has 0 atom stereocenters. The van der Waals surface area contributed by atoms with Gasteiger partial charge in [0.15, 0.2) is 0 Å². The Kier molecular flexibility index (Phi) is 10.7. The summed E-state index contributed by atoms with van der Waals surface area (Å²) in [6.45, 7) is 7.43. The number of anilines is 1. The van der Waals surface area contributed by atoms with Crippen LogP contribution in [-0.4, -0.2) is 64.1 Å². The summed E-state index contributed by atoms with van der Waals surface area (Å²) in [5.41, 5.74) is 9.62. The first kappa shape index (κ1) is 30.7. The highest BCUT2D eigenvalue weighted by molar-refractivity contribution is 7.24. The Morgan fingerprint density at radius 3 is 2.42 bits per heavy atom. The van der Waals surface area contributed by atoms with Crippen molar-refractivity contribution < 1.29 is 15.4 Å². The number of benzene rings is 2. The van der Waals surface area contributed by atoms with E-state index in [1.165, 1.54) is 24.2 Å². The van der Waals surface area contributed by atoms with Crippen molar-refractivity contribution in [2.75, 3.05) is 39.0 Å². The molecule has 212 valence electrons. The van der Waals surface area contributed by atoms with Crippen LogP contribution in [-0.2, 0) is 0 Å². The molecular formula is C30H37N5O4S. The molecule has 3 aromatic heterocycles. The van der Waals surface area contributed by atoms with Crippen LogP contribution < -0.4 is 16.5 Å². The largest absolute Gasteiger partial charge is 0.412 e. The molecule has 10 heteroatoms. The smallest absolute Gasteiger partial charge is 0.258 e. The standard InChI is InChI=1S/C27H25N5O2S.C2H6.CH4O.H2O/c28-19-8-2-1-7-17(19)20-12-11-18-24(33)23(26(34)29-13-16-31-14-5-6-15-31)27-32(25(18)30-20)21-9-3-4-10-22(21)35-27;2*1-2;/h1-4,7-12H,5-6,13-16,28H2,(H,29,34);1-2H3;2H,1H3;1H2. The van der Waals surface area contributed by atoms with Crippen molar-refractivity contribution in [3.05, 3.63) is 76.5 Å². The Hall–Kier alpha value is -3.83. The zero-order valence-electron chi connectivity index (χ0n) is 23.1. The number of aromatic nitrogens is 2. The zero-order chi connectivity index (χ0) is 27.9. The number of carbonyl (C=O) groups excluding carboxylic acids is 1. The van der Waals surface area contributed by atoms with Gasteiger partial charge in [-0.2, -0.15) is 0 Å². The minimum Gasteiger partial charge on any atom is -0.412 e. The summed E-state index contributed by atoms with van der Waals surface area (Å²) in [5.74, 6) is -0.337. The predicted molar refractivity (Wildman–Crippen MR) is 165 cm³/mol. The maximum absolute atomic E-state index is 13.7. The molecule has 1 aliphatic heterocycles. The van der Waals surface area contributed by atoms with E-state index < -0.39 is 0 Å². The summed E-state index contributed by atoms with van der Waals surface area (Å²) in [6, 6.07) is 19.0. The van der Waals surface area contributed by atoms with E-state index in [1.807, 2.05) is 66.8 Å². The molecule has 6 rings (SSSR count). The van der Waals surface area contributed by atoms with Crippen LogP contribution in [0.15, 0.2) is 65.5 Å². The molecule has 0 unspecified atom stereocenters. The van der Waals surface area contributed by atoms with Gasteiger partial charge in [-0.3, -0.25) is 14.0 Å². The molecule has 0 spiro atoms. The summed E-state index contributed by atoms with van der Waals surface area (Å²) in [5, 5.41) is 10.4. The van der Waals surface area contributed by atoms with E-state index in [1.54, 1.807) is 12.1 Å². The Labute approximate surface area is 237 Å². The van der Waals surface area contributed by atoms with E-state index in [9.17, 15) is 9.59 Å². The predicted octanol–water partition coefficient (Wildman–Crippen LogP) is 3.95. The SMILES string of the molecule is CC.CO.Nc1ccccc1-c1ccc2c(=O)c(C(=O)NCCN3CCCC3)c3sc4ccccc4n3c2n1.O. The second kappa shape index (κ2) is 14.0. The topological polar surface area (TPSA) is 144 Å². The quantitative estimate of drug-likeness (QED) is 0.276. The van der Waals surface area contributed by atoms with Gasteiger partial charge in [-0.15, -0.1) is 11.3 Å². The lowest BCUT2D eigenvalue weighted by Crippen LogP contribution is -2.35. The first-order valence-electron chi connectivity index (χ1n) is 13.3. The number of thiazole rings is 1. The van der Waals surface area contributed by atoms with Gasteiger partial charge in [-0.05, 0) is 56.3 Å². The molecule has 4 heterocycles. The number of nitrogens with zero attached hydrogens (tertiary/aromatic N) is 3. The first-order chi connectivity index (χ1) is 19.1. The van der Waals surface area contributed by atoms with Crippen LogP contribution in [0.4, 0.5) is 5.69 Å². The monoisotopic (exact) mass is 563 g/mol. The molecule has 40 heavy (non-hydrogen) atoms. The highest BCUT2D eigenvalue weighted by Crippen LogP contribution is 2.32. The van der Waals surface area contributed by atoms with E-state index in [4.69, 9.17) is 15.8 Å². The minimum absolute atomic E-state index is 0. The van der Waals surface area contributed by atoms with Gasteiger partial charge < -0.3 is 26.5 Å². The van der Waals surface area contributed by atoms with Gasteiger partial charge in [0.1, 0.15) is 16.0 Å². The maximum atomic E-state index is 13.7. The summed E-state index contributed by atoms with van der Waals surface area (Å²) in [7, 11) is 1.00. The van der Waals surface area contributed by atoms with Crippen molar-refractivity contribution in [1.82, 2.24) is 19.6 Å². The van der Waals surface area contributed by atoms with Crippen molar-refractivity contribution in [1.29, 1.82) is 0 Å². The summed E-state index contributed by atoms with van der Waals surface area (Å²) in [4.78, 5) is 34.8. The first-order valence-corrected chi connectivity index (χ1v) is 14.1. The molecule has 0 bridgehead atoms. The highest BCUT2D eigenvalue weighted by Gasteiger charge is 2.23. The van der Waals surface area contributed by atoms with E-state index in [-0.39, 0.29) is 22.4 Å². The molecule has 1 aliphatic rings. The normalized spacial score (nSPS) is 12.8. The number of para-hydroxylation sites is 2. The van der Waals surface area contributed by atoms with E-state index in [0.717, 1.165) is 42.5 Å². The number of nitrogens with two attached hydrogens (primary N) is 1. The van der Waals surface area contributed by atoms with Crippen LogP contribution in [0.5, 0.6) is 0 Å². The Balaban J connectivity index is 0.000000846. The number of rotatable bonds is 5. The molecule has 6 N–H and O–H groups in total. The minimum atomic E-state index is -0.337. The number of carbonyl (C=O) groups is 1. The van der Waals surface area contributed by atoms with E-state index in [0.29, 0.717) is 33.8 Å². The van der Waals surface area contributed by atoms with Crippen LogP contribution >= 0.6 is 11.3 Å². The number of pyridine rings is 2. The fraction of sp³-hybridized carbons (Fsp3) is 0.300. The van der Waals surface area contributed by atoms with Crippen molar-refractivity contribution in [3.63, 3.8) is 0 Å². The lowest BCUT2D eigenvalue weighted by molar-refractivity contribution is 0.0950. The fourth-order valence-corrected chi connectivity index (χ4v) is 6.07. The van der Waals surface area contributed by atoms with Crippen molar-refractivity contribution in [3.8, 4) is 11.3 Å². The van der Waals surface area contributed by atoms with Gasteiger partial charge in [0, 0.05) is 31.5 Å². The maximum Gasteiger partial charge on any atom is 0.258 e. The van der Waals surface area contributed by atoms with Crippen molar-refractivity contribution in [2.24, 2.45) is 0 Å². The van der Waals surface area contributed by atoms with Crippen molar-refractivity contribution >= 4 is 49.0 Å². The van der Waals surface area contributed by atoms with Gasteiger partial charge in [-0.1, -0.05) is 44.2 Å². The van der Waals surface area contributed by atoms with Gasteiger partial charge in [0.2, 0.25) is 5.43 Å². The zero-order valence-corrected chi connectivity index (χ0v) is 23.9. The average Bonchev–Trinajstić information content (AvgIpc) is 3.63. The summed E-state index contributed by atoms with van der Waals surface area (Å²) < 4.78 is 2.92. The molecule has 1 saturated heterocycles. The molecule has 9 nitrogen and oxygen atoms in total. The van der Waals surface area contributed by atoms with Gasteiger partial charge in [0.25, 0.3) is 5.91 Å². The number of nitrogen functional groups attached to an aromatic ring is 1. The number of aliphatic hydroxyl groups excluding tert-OH is 1. The Bertz CT molecular complexity index is 1660. The molecular weight excluding hydrogens is 526 g/mol. The van der Waals surface area contributed by atoms with Gasteiger partial charge in [0.05, 0.1) is 21.3 Å². The number of hydrogen-bond acceptors (Lipinski definition) is 7. The van der Waals surface area contributed by atoms with Crippen LogP contribution in [0.2, 0.25) is 0 Å². The van der Waals surface area contributed by atoms with Crippen LogP contribution in [0.1, 0.15) is 37.0 Å². The average molecular weight is 564 g/mol. The molecule has 5 aromatic rings. The lowest BCUT2D eigenvalue weighted by Gasteiger charge is -2.15. The molecule has 0 saturated carbocycles. The number of aliphatic hydroxyl groups is 1. The third-order valence-electron chi connectivity index (χ3n) is 6.66. The Morgan fingerprint density at radius 1 is 1.02 bits per heavy atom. The highest BCUT2D eigenvalue weighted by atomic mass is 32.1. The second-order valence-electron chi connectivity index (χ2n) is 8.87. The fourth-order valence-electron chi connectivity index (χ4n) is 4.89. The third kappa shape index (κ3) is 5.85. The van der Waals surface area contributed by atoms with Crippen LogP contribution in [0, 0.1) is 0 Å². The van der Waals surface area contributed by atoms with E-state index >= 15 is 0 Å². The molecule has 0 radical (unpaired) electrons. The molecule has 0 aliphatic carbocycles. The lowest BCUT2D eigenvalue weighted by atomic mass is 10.1. The van der Waals surface area contributed by atoms with Gasteiger partial charge in [-0.25, -0.2) is 4.98 Å². The molecule has 1 fully saturated rings. The van der Waals surface area contributed by atoms with Crippen LogP contribution in [0.3, 0.4) is 0 Å². The number of amides is 1. The number of likely N-dealkylation sites (tertiary alicyclic amines) is 1. The van der Waals surface area contributed by atoms with Gasteiger partial charge >= 0.3 is 0 Å². The summed E-state index contributed by atoms with van der Waals surface area (Å²) in [6.07, 6.45) is 2.40. The second-order valence-corrected chi connectivity index (χ2v) is 9.90. The third-order valence-corrected chi connectivity index (χ3v) is 7.81. The van der Waals surface area contributed by atoms with Crippen LogP contribution in [0.25, 0.3) is 37.3 Å². The Morgan fingerprint density at radius 2 is 1.70 bits per heavy atom. The van der Waals surface area contributed by atoms with E-state index in [2.05, 4.69) is 10.2 Å². The molecule has 1 amide bonds. The van der Waals surface area contributed by atoms with Crippen molar-refractivity contribution in [2.45, 2.75) is 26.7 Å². The molecule has 2 aromatic carbocycles.